The second-order valence-corrected chi connectivity index (χ2v) is 6.64. The van der Waals surface area contributed by atoms with Crippen molar-refractivity contribution in [2.45, 2.75) is 39.5 Å². The van der Waals surface area contributed by atoms with Gasteiger partial charge in [0.1, 0.15) is 0 Å². The molecule has 0 fully saturated rings. The van der Waals surface area contributed by atoms with Crippen LogP contribution in [0.5, 0.6) is 11.5 Å². The van der Waals surface area contributed by atoms with Crippen LogP contribution in [0.15, 0.2) is 46.9 Å². The van der Waals surface area contributed by atoms with E-state index in [4.69, 9.17) is 9.47 Å². The molecule has 4 heteroatoms. The normalized spacial score (nSPS) is 12.3. The van der Waals surface area contributed by atoms with E-state index in [9.17, 15) is 0 Å². The molecule has 2 aromatic rings. The molecule has 0 radical (unpaired) electrons. The van der Waals surface area contributed by atoms with Crippen LogP contribution in [0.1, 0.15) is 37.9 Å². The first-order valence-corrected chi connectivity index (χ1v) is 8.62. The Morgan fingerprint density at radius 2 is 1.78 bits per heavy atom. The maximum absolute atomic E-state index is 5.82. The van der Waals surface area contributed by atoms with Crippen molar-refractivity contribution in [2.75, 3.05) is 7.11 Å². The molecule has 2 rings (SSSR count). The van der Waals surface area contributed by atoms with Crippen LogP contribution in [-0.2, 0) is 6.54 Å². The third-order valence-corrected chi connectivity index (χ3v) is 4.14. The lowest BCUT2D eigenvalue weighted by Gasteiger charge is -2.18. The summed E-state index contributed by atoms with van der Waals surface area (Å²) in [5, 5.41) is 3.54. The Hall–Kier alpha value is -1.52. The molecule has 0 aromatic heterocycles. The molecule has 0 heterocycles. The topological polar surface area (TPSA) is 30.5 Å². The molecule has 0 saturated carbocycles. The number of ether oxygens (including phenoxy) is 2. The van der Waals surface area contributed by atoms with Gasteiger partial charge in [0, 0.05) is 12.6 Å². The Labute approximate surface area is 147 Å². The van der Waals surface area contributed by atoms with Crippen molar-refractivity contribution < 1.29 is 9.47 Å². The minimum Gasteiger partial charge on any atom is -0.493 e. The summed E-state index contributed by atoms with van der Waals surface area (Å²) in [5.41, 5.74) is 2.42. The lowest BCUT2D eigenvalue weighted by Crippen LogP contribution is -2.18. The summed E-state index contributed by atoms with van der Waals surface area (Å²) in [6, 6.07) is 14.8. The van der Waals surface area contributed by atoms with E-state index in [1.54, 1.807) is 7.11 Å². The molecular formula is C19H24BrNO2. The second kappa shape index (κ2) is 8.37. The second-order valence-electron chi connectivity index (χ2n) is 5.79. The fourth-order valence-electron chi connectivity index (χ4n) is 2.36. The number of hydrogen-bond donors (Lipinski definition) is 1. The average Bonchev–Trinajstić information content (AvgIpc) is 2.55. The van der Waals surface area contributed by atoms with Crippen molar-refractivity contribution >= 4 is 15.9 Å². The predicted octanol–water partition coefficient (Wildman–Crippen LogP) is 5.10. The van der Waals surface area contributed by atoms with E-state index in [2.05, 4.69) is 58.5 Å². The molecule has 124 valence electrons. The molecule has 0 amide bonds. The van der Waals surface area contributed by atoms with Crippen molar-refractivity contribution in [3.05, 3.63) is 58.1 Å². The molecule has 0 spiro atoms. The minimum atomic E-state index is 0.0993. The quantitative estimate of drug-likeness (QED) is 0.728. The number of methoxy groups -OCH3 is 1. The van der Waals surface area contributed by atoms with Gasteiger partial charge in [-0.2, -0.15) is 0 Å². The van der Waals surface area contributed by atoms with Crippen LogP contribution in [0.4, 0.5) is 0 Å². The first-order valence-electron chi connectivity index (χ1n) is 7.82. The molecule has 0 bridgehead atoms. The van der Waals surface area contributed by atoms with Crippen molar-refractivity contribution in [3.63, 3.8) is 0 Å². The maximum Gasteiger partial charge on any atom is 0.175 e. The standard InChI is InChI=1S/C19H24BrNO2/c1-13(2)23-19-17(20)10-15(11-18(19)22-4)12-21-14(3)16-8-6-5-7-9-16/h5-11,13-14,21H,12H2,1-4H3/t14-/m0/s1. The summed E-state index contributed by atoms with van der Waals surface area (Å²) in [7, 11) is 1.67. The van der Waals surface area contributed by atoms with Gasteiger partial charge in [0.05, 0.1) is 17.7 Å². The average molecular weight is 378 g/mol. The summed E-state index contributed by atoms with van der Waals surface area (Å²) in [6.45, 7) is 6.93. The first kappa shape index (κ1) is 17.8. The van der Waals surface area contributed by atoms with Gasteiger partial charge < -0.3 is 14.8 Å². The Kier molecular flexibility index (Phi) is 6.48. The SMILES string of the molecule is COc1cc(CN[C@@H](C)c2ccccc2)cc(Br)c1OC(C)C. The highest BCUT2D eigenvalue weighted by Crippen LogP contribution is 2.37. The molecule has 0 aliphatic rings. The van der Waals surface area contributed by atoms with Crippen molar-refractivity contribution in [1.29, 1.82) is 0 Å². The van der Waals surface area contributed by atoms with E-state index in [0.717, 1.165) is 28.1 Å². The predicted molar refractivity (Wildman–Crippen MR) is 98.2 cm³/mol. The maximum atomic E-state index is 5.82. The van der Waals surface area contributed by atoms with Crippen LogP contribution < -0.4 is 14.8 Å². The zero-order valence-corrected chi connectivity index (χ0v) is 15.7. The highest BCUT2D eigenvalue weighted by molar-refractivity contribution is 9.10. The fourth-order valence-corrected chi connectivity index (χ4v) is 2.94. The van der Waals surface area contributed by atoms with Gasteiger partial charge in [0.2, 0.25) is 0 Å². The number of nitrogens with one attached hydrogen (secondary N) is 1. The molecule has 0 saturated heterocycles. The van der Waals surface area contributed by atoms with Gasteiger partial charge in [-0.1, -0.05) is 30.3 Å². The van der Waals surface area contributed by atoms with Gasteiger partial charge in [-0.15, -0.1) is 0 Å². The van der Waals surface area contributed by atoms with Gasteiger partial charge >= 0.3 is 0 Å². The first-order chi connectivity index (χ1) is 11.0. The van der Waals surface area contributed by atoms with Gasteiger partial charge in [-0.05, 0) is 60.0 Å². The molecule has 0 aliphatic heterocycles. The number of benzene rings is 2. The van der Waals surface area contributed by atoms with Crippen LogP contribution in [0.25, 0.3) is 0 Å². The Morgan fingerprint density at radius 1 is 1.09 bits per heavy atom. The molecule has 2 aromatic carbocycles. The molecule has 0 unspecified atom stereocenters. The van der Waals surface area contributed by atoms with Crippen LogP contribution in [0.2, 0.25) is 0 Å². The third-order valence-electron chi connectivity index (χ3n) is 3.55. The zero-order valence-electron chi connectivity index (χ0n) is 14.1. The summed E-state index contributed by atoms with van der Waals surface area (Å²) >= 11 is 3.59. The Balaban J connectivity index is 2.10. The molecule has 1 N–H and O–H groups in total. The Bertz CT molecular complexity index is 629. The lowest BCUT2D eigenvalue weighted by molar-refractivity contribution is 0.228. The van der Waals surface area contributed by atoms with E-state index in [0.29, 0.717) is 0 Å². The molecule has 1 atom stereocenters. The summed E-state index contributed by atoms with van der Waals surface area (Å²) in [6.07, 6.45) is 0.0993. The highest BCUT2D eigenvalue weighted by atomic mass is 79.9. The van der Waals surface area contributed by atoms with Crippen molar-refractivity contribution in [3.8, 4) is 11.5 Å². The third kappa shape index (κ3) is 4.98. The molecule has 3 nitrogen and oxygen atoms in total. The van der Waals surface area contributed by atoms with E-state index in [1.807, 2.05) is 26.0 Å². The van der Waals surface area contributed by atoms with Gasteiger partial charge in [-0.3, -0.25) is 0 Å². The highest BCUT2D eigenvalue weighted by Gasteiger charge is 2.13. The van der Waals surface area contributed by atoms with E-state index < -0.39 is 0 Å². The summed E-state index contributed by atoms with van der Waals surface area (Å²) in [4.78, 5) is 0. The molecule has 23 heavy (non-hydrogen) atoms. The smallest absolute Gasteiger partial charge is 0.175 e. The zero-order chi connectivity index (χ0) is 16.8. The largest absolute Gasteiger partial charge is 0.493 e. The molecule has 0 aliphatic carbocycles. The number of halogens is 1. The minimum absolute atomic E-state index is 0.0993. The van der Waals surface area contributed by atoms with Crippen LogP contribution in [0.3, 0.4) is 0 Å². The van der Waals surface area contributed by atoms with E-state index in [-0.39, 0.29) is 12.1 Å². The van der Waals surface area contributed by atoms with Crippen LogP contribution in [-0.4, -0.2) is 13.2 Å². The van der Waals surface area contributed by atoms with Gasteiger partial charge in [-0.25, -0.2) is 0 Å². The van der Waals surface area contributed by atoms with Gasteiger partial charge in [0.15, 0.2) is 11.5 Å². The lowest BCUT2D eigenvalue weighted by atomic mass is 10.1. The summed E-state index contributed by atoms with van der Waals surface area (Å²) < 4.78 is 12.2. The van der Waals surface area contributed by atoms with Crippen LogP contribution >= 0.6 is 15.9 Å². The fraction of sp³-hybridized carbons (Fsp3) is 0.368. The van der Waals surface area contributed by atoms with Crippen LogP contribution in [0, 0.1) is 0 Å². The molecular weight excluding hydrogens is 354 g/mol. The van der Waals surface area contributed by atoms with Crippen molar-refractivity contribution in [2.24, 2.45) is 0 Å². The van der Waals surface area contributed by atoms with Crippen molar-refractivity contribution in [1.82, 2.24) is 5.32 Å². The number of hydrogen-bond acceptors (Lipinski definition) is 3. The van der Waals surface area contributed by atoms with Gasteiger partial charge in [0.25, 0.3) is 0 Å². The number of rotatable bonds is 7. The monoisotopic (exact) mass is 377 g/mol. The summed E-state index contributed by atoms with van der Waals surface area (Å²) in [5.74, 6) is 1.50. The Morgan fingerprint density at radius 3 is 2.39 bits per heavy atom. The van der Waals surface area contributed by atoms with E-state index in [1.165, 1.54) is 5.56 Å². The van der Waals surface area contributed by atoms with E-state index >= 15 is 0 Å².